The van der Waals surface area contributed by atoms with Crippen LogP contribution < -0.4 is 5.73 Å². The smallest absolute Gasteiger partial charge is 0.373 e. The molecule has 0 aliphatic heterocycles. The molecule has 2 unspecified atom stereocenters. The molecule has 6 heteroatoms. The first kappa shape index (κ1) is 10.7. The number of rotatable bonds is 0. The van der Waals surface area contributed by atoms with Gasteiger partial charge in [0.1, 0.15) is 0 Å². The van der Waals surface area contributed by atoms with E-state index < -0.39 is 22.3 Å². The van der Waals surface area contributed by atoms with Gasteiger partial charge in [-0.05, 0) is 22.0 Å². The summed E-state index contributed by atoms with van der Waals surface area (Å²) in [5.41, 5.74) is 4.41. The topological polar surface area (TPSA) is 46.2 Å². The second kappa shape index (κ2) is 3.11. The Morgan fingerprint density at radius 1 is 1.54 bits per heavy atom. The van der Waals surface area contributed by atoms with Gasteiger partial charge in [0, 0.05) is 0 Å². The maximum atomic E-state index is 12.1. The standard InChI is InChI=1S/C7H7BrF3NO/c8-6(13)3-4(7(9,10)11)1-2-5(6)12/h1-3,5,13H,12H2. The van der Waals surface area contributed by atoms with E-state index in [9.17, 15) is 18.3 Å². The molecule has 74 valence electrons. The van der Waals surface area contributed by atoms with Gasteiger partial charge in [-0.15, -0.1) is 0 Å². The van der Waals surface area contributed by atoms with Gasteiger partial charge in [0.05, 0.1) is 11.6 Å². The number of aliphatic hydroxyl groups is 1. The third-order valence-electron chi connectivity index (χ3n) is 1.64. The van der Waals surface area contributed by atoms with Crippen molar-refractivity contribution in [2.45, 2.75) is 16.7 Å². The van der Waals surface area contributed by atoms with Crippen molar-refractivity contribution >= 4 is 15.9 Å². The number of nitrogens with two attached hydrogens (primary N) is 1. The van der Waals surface area contributed by atoms with E-state index >= 15 is 0 Å². The van der Waals surface area contributed by atoms with Gasteiger partial charge in [-0.1, -0.05) is 12.2 Å². The average molecular weight is 258 g/mol. The second-order valence-electron chi connectivity index (χ2n) is 2.71. The highest BCUT2D eigenvalue weighted by molar-refractivity contribution is 9.10. The third-order valence-corrected chi connectivity index (χ3v) is 2.39. The van der Waals surface area contributed by atoms with E-state index in [1.807, 2.05) is 0 Å². The maximum Gasteiger partial charge on any atom is 0.416 e. The van der Waals surface area contributed by atoms with Crippen LogP contribution >= 0.6 is 15.9 Å². The summed E-state index contributed by atoms with van der Waals surface area (Å²) in [7, 11) is 0. The monoisotopic (exact) mass is 257 g/mol. The molecule has 0 saturated carbocycles. The second-order valence-corrected chi connectivity index (χ2v) is 3.98. The minimum absolute atomic E-state index is 0.650. The molecule has 0 spiro atoms. The van der Waals surface area contributed by atoms with Gasteiger partial charge in [0.15, 0.2) is 4.51 Å². The van der Waals surface area contributed by atoms with Crippen LogP contribution in [0.1, 0.15) is 0 Å². The lowest BCUT2D eigenvalue weighted by atomic mass is 10.0. The molecule has 0 aromatic rings. The first-order valence-electron chi connectivity index (χ1n) is 3.38. The molecule has 2 nitrogen and oxygen atoms in total. The van der Waals surface area contributed by atoms with Crippen LogP contribution in [0.5, 0.6) is 0 Å². The summed E-state index contributed by atoms with van der Waals surface area (Å²) in [5.74, 6) is 0. The van der Waals surface area contributed by atoms with E-state index in [2.05, 4.69) is 15.9 Å². The van der Waals surface area contributed by atoms with Gasteiger partial charge in [0.2, 0.25) is 0 Å². The van der Waals surface area contributed by atoms with Crippen molar-refractivity contribution in [2.24, 2.45) is 5.73 Å². The zero-order valence-corrected chi connectivity index (χ0v) is 7.93. The molecule has 1 rings (SSSR count). The van der Waals surface area contributed by atoms with Crippen LogP contribution in [0.4, 0.5) is 13.2 Å². The number of halogens is 4. The van der Waals surface area contributed by atoms with Crippen LogP contribution in [0, 0.1) is 0 Å². The van der Waals surface area contributed by atoms with Crippen molar-refractivity contribution in [3.63, 3.8) is 0 Å². The fraction of sp³-hybridized carbons (Fsp3) is 0.429. The number of hydrogen-bond donors (Lipinski definition) is 2. The number of alkyl halides is 4. The predicted molar refractivity (Wildman–Crippen MR) is 45.1 cm³/mol. The quantitative estimate of drug-likeness (QED) is 0.646. The third kappa shape index (κ3) is 2.32. The molecule has 0 radical (unpaired) electrons. The molecular formula is C7H7BrF3NO. The van der Waals surface area contributed by atoms with Crippen molar-refractivity contribution in [1.82, 2.24) is 0 Å². The highest BCUT2D eigenvalue weighted by Crippen LogP contribution is 2.34. The van der Waals surface area contributed by atoms with Gasteiger partial charge in [-0.25, -0.2) is 0 Å². The highest BCUT2D eigenvalue weighted by atomic mass is 79.9. The van der Waals surface area contributed by atoms with Gasteiger partial charge in [-0.2, -0.15) is 13.2 Å². The van der Waals surface area contributed by atoms with Gasteiger partial charge in [0.25, 0.3) is 0 Å². The zero-order valence-electron chi connectivity index (χ0n) is 6.35. The van der Waals surface area contributed by atoms with E-state index in [4.69, 9.17) is 5.73 Å². The normalized spacial score (nSPS) is 34.6. The molecule has 13 heavy (non-hydrogen) atoms. The van der Waals surface area contributed by atoms with E-state index in [1.165, 1.54) is 0 Å². The Kier molecular flexibility index (Phi) is 2.57. The van der Waals surface area contributed by atoms with Crippen molar-refractivity contribution < 1.29 is 18.3 Å². The highest BCUT2D eigenvalue weighted by Gasteiger charge is 2.39. The van der Waals surface area contributed by atoms with Crippen LogP contribution in [-0.4, -0.2) is 21.8 Å². The Hall–Kier alpha value is -0.330. The number of hydrogen-bond acceptors (Lipinski definition) is 2. The molecule has 3 N–H and O–H groups in total. The maximum absolute atomic E-state index is 12.1. The Morgan fingerprint density at radius 2 is 2.08 bits per heavy atom. The van der Waals surface area contributed by atoms with Crippen LogP contribution in [-0.2, 0) is 0 Å². The molecule has 0 heterocycles. The lowest BCUT2D eigenvalue weighted by Crippen LogP contribution is -2.42. The van der Waals surface area contributed by atoms with Crippen LogP contribution in [0.15, 0.2) is 23.8 Å². The SMILES string of the molecule is NC1C=CC(C(F)(F)F)=CC1(O)Br. The first-order chi connectivity index (χ1) is 5.73. The van der Waals surface area contributed by atoms with Gasteiger partial charge in [-0.3, -0.25) is 0 Å². The fourth-order valence-corrected chi connectivity index (χ4v) is 1.28. The molecule has 0 amide bonds. The molecular weight excluding hydrogens is 251 g/mol. The lowest BCUT2D eigenvalue weighted by molar-refractivity contribution is -0.0896. The molecule has 2 atom stereocenters. The molecule has 0 fully saturated rings. The summed E-state index contributed by atoms with van der Waals surface area (Å²) in [4.78, 5) is 0. The fourth-order valence-electron chi connectivity index (χ4n) is 0.881. The molecule has 0 bridgehead atoms. The Bertz CT molecular complexity index is 269. The lowest BCUT2D eigenvalue weighted by Gasteiger charge is -2.27. The van der Waals surface area contributed by atoms with E-state index in [-0.39, 0.29) is 0 Å². The van der Waals surface area contributed by atoms with Crippen LogP contribution in [0.25, 0.3) is 0 Å². The first-order valence-corrected chi connectivity index (χ1v) is 4.18. The summed E-state index contributed by atoms with van der Waals surface area (Å²) in [6.07, 6.45) is -1.87. The Balaban J connectivity index is 2.99. The average Bonchev–Trinajstić information content (AvgIpc) is 1.92. The van der Waals surface area contributed by atoms with Crippen molar-refractivity contribution in [1.29, 1.82) is 0 Å². The minimum atomic E-state index is -4.46. The van der Waals surface area contributed by atoms with Crippen LogP contribution in [0.3, 0.4) is 0 Å². The summed E-state index contributed by atoms with van der Waals surface area (Å²) in [6, 6.07) is -0.876. The summed E-state index contributed by atoms with van der Waals surface area (Å²) in [5, 5.41) is 9.34. The number of allylic oxidation sites excluding steroid dienone is 2. The van der Waals surface area contributed by atoms with E-state index in [1.54, 1.807) is 0 Å². The molecule has 1 aliphatic carbocycles. The van der Waals surface area contributed by atoms with Crippen molar-refractivity contribution in [2.75, 3.05) is 0 Å². The predicted octanol–water partition coefficient (Wildman–Crippen LogP) is 1.46. The summed E-state index contributed by atoms with van der Waals surface area (Å²) < 4.78 is 34.5. The Labute approximate surface area is 81.0 Å². The largest absolute Gasteiger partial charge is 0.416 e. The minimum Gasteiger partial charge on any atom is -0.373 e. The molecule has 1 aliphatic rings. The Morgan fingerprint density at radius 3 is 2.46 bits per heavy atom. The van der Waals surface area contributed by atoms with E-state index in [0.29, 0.717) is 6.08 Å². The van der Waals surface area contributed by atoms with E-state index in [0.717, 1.165) is 12.2 Å². The van der Waals surface area contributed by atoms with Gasteiger partial charge >= 0.3 is 6.18 Å². The zero-order chi connectivity index (χ0) is 10.3. The van der Waals surface area contributed by atoms with Crippen LogP contribution in [0.2, 0.25) is 0 Å². The molecule has 0 aromatic carbocycles. The summed E-state index contributed by atoms with van der Waals surface area (Å²) in [6.45, 7) is 0. The molecule has 0 saturated heterocycles. The van der Waals surface area contributed by atoms with Gasteiger partial charge < -0.3 is 10.8 Å². The van der Waals surface area contributed by atoms with Crippen molar-refractivity contribution in [3.05, 3.63) is 23.8 Å². The van der Waals surface area contributed by atoms with Crippen molar-refractivity contribution in [3.8, 4) is 0 Å². The molecule has 0 aromatic heterocycles. The summed E-state index contributed by atoms with van der Waals surface area (Å²) >= 11 is 2.69.